The number of nitrogens with zero attached hydrogens (tertiary/aromatic N) is 4. The molecule has 3 aliphatic heterocycles. The average molecular weight is 438 g/mol. The monoisotopic (exact) mass is 437 g/mol. The van der Waals surface area contributed by atoms with Crippen LogP contribution in [0, 0.1) is 0 Å². The Kier molecular flexibility index (Phi) is 6.34. The number of benzene rings is 1. The Morgan fingerprint density at radius 2 is 1.91 bits per heavy atom. The van der Waals surface area contributed by atoms with Gasteiger partial charge in [-0.15, -0.1) is 0 Å². The van der Waals surface area contributed by atoms with Gasteiger partial charge in [0.25, 0.3) is 5.91 Å². The van der Waals surface area contributed by atoms with Crippen LogP contribution in [0.2, 0.25) is 0 Å². The Balaban J connectivity index is 1.20. The minimum atomic E-state index is -0.570. The SMILES string of the molecule is O=C(c1cc(NC2CCOCC2)ncn1)N1CC[C@H](N2CCc3ccccc3C2)[C@@H](O)C1. The Bertz CT molecular complexity index is 949. The maximum atomic E-state index is 13.1. The van der Waals surface area contributed by atoms with Crippen molar-refractivity contribution in [2.24, 2.45) is 0 Å². The average Bonchev–Trinajstić information content (AvgIpc) is 2.84. The third kappa shape index (κ3) is 4.62. The molecule has 2 atom stereocenters. The van der Waals surface area contributed by atoms with Crippen LogP contribution in [0.25, 0.3) is 0 Å². The zero-order chi connectivity index (χ0) is 21.9. The van der Waals surface area contributed by atoms with Gasteiger partial charge in [0, 0.05) is 57.5 Å². The van der Waals surface area contributed by atoms with Gasteiger partial charge in [-0.25, -0.2) is 9.97 Å². The van der Waals surface area contributed by atoms with Crippen LogP contribution in [0.4, 0.5) is 5.82 Å². The highest BCUT2D eigenvalue weighted by atomic mass is 16.5. The van der Waals surface area contributed by atoms with Crippen molar-refractivity contribution < 1.29 is 14.6 Å². The van der Waals surface area contributed by atoms with Gasteiger partial charge in [-0.3, -0.25) is 9.69 Å². The van der Waals surface area contributed by atoms with Crippen molar-refractivity contribution in [3.63, 3.8) is 0 Å². The predicted octanol–water partition coefficient (Wildman–Crippen LogP) is 1.70. The van der Waals surface area contributed by atoms with E-state index in [1.54, 1.807) is 11.0 Å². The molecule has 2 aromatic rings. The fraction of sp³-hybridized carbons (Fsp3) is 0.542. The smallest absolute Gasteiger partial charge is 0.272 e. The molecule has 8 heteroatoms. The van der Waals surface area contributed by atoms with Crippen molar-refractivity contribution in [2.75, 3.05) is 38.2 Å². The lowest BCUT2D eigenvalue weighted by Crippen LogP contribution is -2.56. The summed E-state index contributed by atoms with van der Waals surface area (Å²) in [6.07, 6.45) is 4.48. The summed E-state index contributed by atoms with van der Waals surface area (Å²) in [6, 6.07) is 10.6. The van der Waals surface area contributed by atoms with E-state index >= 15 is 0 Å². The lowest BCUT2D eigenvalue weighted by molar-refractivity contribution is -0.0139. The molecule has 0 radical (unpaired) electrons. The molecule has 0 saturated carbocycles. The first-order valence-corrected chi connectivity index (χ1v) is 11.6. The fourth-order valence-corrected chi connectivity index (χ4v) is 5.10. The molecule has 0 spiro atoms. The number of aromatic nitrogens is 2. The molecular formula is C24H31N5O3. The second kappa shape index (κ2) is 9.52. The number of rotatable bonds is 4. The number of carbonyl (C=O) groups excluding carboxylic acids is 1. The Labute approximate surface area is 188 Å². The molecule has 0 unspecified atom stereocenters. The summed E-state index contributed by atoms with van der Waals surface area (Å²) in [5.41, 5.74) is 3.11. The summed E-state index contributed by atoms with van der Waals surface area (Å²) in [4.78, 5) is 25.7. The van der Waals surface area contributed by atoms with Crippen LogP contribution in [-0.4, -0.2) is 81.8 Å². The highest BCUT2D eigenvalue weighted by Gasteiger charge is 2.35. The van der Waals surface area contributed by atoms with Crippen molar-refractivity contribution in [3.05, 3.63) is 53.5 Å². The van der Waals surface area contributed by atoms with Gasteiger partial charge in [-0.1, -0.05) is 24.3 Å². The van der Waals surface area contributed by atoms with Gasteiger partial charge in [0.05, 0.1) is 6.10 Å². The molecule has 5 rings (SSSR count). The molecule has 1 aromatic heterocycles. The maximum Gasteiger partial charge on any atom is 0.272 e. The lowest BCUT2D eigenvalue weighted by Gasteiger charge is -2.43. The summed E-state index contributed by atoms with van der Waals surface area (Å²) in [6.45, 7) is 4.23. The van der Waals surface area contributed by atoms with E-state index in [1.165, 1.54) is 17.5 Å². The first kappa shape index (κ1) is 21.3. The van der Waals surface area contributed by atoms with E-state index in [1.807, 2.05) is 0 Å². The van der Waals surface area contributed by atoms with E-state index in [0.29, 0.717) is 30.6 Å². The summed E-state index contributed by atoms with van der Waals surface area (Å²) >= 11 is 0. The summed E-state index contributed by atoms with van der Waals surface area (Å²) in [5, 5.41) is 14.3. The number of β-amino-alcohol motifs (C(OH)–C–C–N with tert-alkyl or cyclic N) is 1. The maximum absolute atomic E-state index is 13.1. The number of carbonyl (C=O) groups is 1. The minimum Gasteiger partial charge on any atom is -0.390 e. The van der Waals surface area contributed by atoms with Crippen LogP contribution in [-0.2, 0) is 17.7 Å². The first-order chi connectivity index (χ1) is 15.7. The third-order valence-corrected chi connectivity index (χ3v) is 6.92. The molecule has 2 saturated heterocycles. The summed E-state index contributed by atoms with van der Waals surface area (Å²) < 4.78 is 5.40. The Morgan fingerprint density at radius 1 is 1.09 bits per heavy atom. The van der Waals surface area contributed by atoms with Gasteiger partial charge in [-0.05, 0) is 36.8 Å². The number of hydrogen-bond acceptors (Lipinski definition) is 7. The minimum absolute atomic E-state index is 0.0727. The molecule has 2 N–H and O–H groups in total. The number of likely N-dealkylation sites (tertiary alicyclic amines) is 1. The number of piperidine rings is 1. The summed E-state index contributed by atoms with van der Waals surface area (Å²) in [5.74, 6) is 0.515. The molecule has 32 heavy (non-hydrogen) atoms. The standard InChI is InChI=1S/C24H31N5O3/c30-22-15-29(10-6-21(22)28-9-5-17-3-1-2-4-18(17)14-28)24(31)20-13-23(26-16-25-20)27-19-7-11-32-12-8-19/h1-4,13,16,19,21-22,30H,5-12,14-15H2,(H,25,26,27)/t21-,22-/m0/s1. The molecule has 0 aliphatic carbocycles. The van der Waals surface area contributed by atoms with E-state index < -0.39 is 6.10 Å². The quantitative estimate of drug-likeness (QED) is 0.752. The number of nitrogens with one attached hydrogen (secondary N) is 1. The number of amides is 1. The van der Waals surface area contributed by atoms with Crippen molar-refractivity contribution in [2.45, 2.75) is 50.4 Å². The highest BCUT2D eigenvalue weighted by molar-refractivity contribution is 5.93. The van der Waals surface area contributed by atoms with Crippen LogP contribution in [0.5, 0.6) is 0 Å². The van der Waals surface area contributed by atoms with Crippen molar-refractivity contribution in [3.8, 4) is 0 Å². The van der Waals surface area contributed by atoms with Crippen molar-refractivity contribution in [1.82, 2.24) is 19.8 Å². The van der Waals surface area contributed by atoms with Gasteiger partial charge in [0.15, 0.2) is 0 Å². The van der Waals surface area contributed by atoms with Gasteiger partial charge in [0.1, 0.15) is 17.8 Å². The Morgan fingerprint density at radius 3 is 2.72 bits per heavy atom. The van der Waals surface area contributed by atoms with Gasteiger partial charge in [0.2, 0.25) is 0 Å². The fourth-order valence-electron chi connectivity index (χ4n) is 5.10. The largest absolute Gasteiger partial charge is 0.390 e. The third-order valence-electron chi connectivity index (χ3n) is 6.92. The summed E-state index contributed by atoms with van der Waals surface area (Å²) in [7, 11) is 0. The van der Waals surface area contributed by atoms with Gasteiger partial charge < -0.3 is 20.1 Å². The molecule has 0 bridgehead atoms. The molecule has 1 aromatic carbocycles. The molecule has 8 nitrogen and oxygen atoms in total. The zero-order valence-electron chi connectivity index (χ0n) is 18.3. The van der Waals surface area contributed by atoms with Crippen LogP contribution < -0.4 is 5.32 Å². The number of aliphatic hydroxyl groups excluding tert-OH is 1. The second-order valence-electron chi connectivity index (χ2n) is 8.98. The molecular weight excluding hydrogens is 406 g/mol. The van der Waals surface area contributed by atoms with E-state index in [-0.39, 0.29) is 11.9 Å². The molecule has 4 heterocycles. The number of aliphatic hydroxyl groups is 1. The lowest BCUT2D eigenvalue weighted by atomic mass is 9.94. The van der Waals surface area contributed by atoms with Crippen molar-refractivity contribution >= 4 is 11.7 Å². The van der Waals surface area contributed by atoms with Crippen LogP contribution in [0.3, 0.4) is 0 Å². The number of anilines is 1. The van der Waals surface area contributed by atoms with Crippen LogP contribution in [0.1, 0.15) is 40.9 Å². The number of ether oxygens (including phenoxy) is 1. The molecule has 1 amide bonds. The predicted molar refractivity (Wildman–Crippen MR) is 120 cm³/mol. The highest BCUT2D eigenvalue weighted by Crippen LogP contribution is 2.26. The van der Waals surface area contributed by atoms with Crippen LogP contribution in [0.15, 0.2) is 36.7 Å². The van der Waals surface area contributed by atoms with E-state index in [0.717, 1.165) is 52.0 Å². The van der Waals surface area contributed by atoms with Gasteiger partial charge >= 0.3 is 0 Å². The van der Waals surface area contributed by atoms with E-state index in [2.05, 4.69) is 44.5 Å². The topological polar surface area (TPSA) is 90.8 Å². The number of hydrogen-bond donors (Lipinski definition) is 2. The van der Waals surface area contributed by atoms with E-state index in [9.17, 15) is 9.90 Å². The number of fused-ring (bicyclic) bond motifs is 1. The Hall–Kier alpha value is -2.55. The van der Waals surface area contributed by atoms with Crippen molar-refractivity contribution in [1.29, 1.82) is 0 Å². The molecule has 3 aliphatic rings. The van der Waals surface area contributed by atoms with Gasteiger partial charge in [-0.2, -0.15) is 0 Å². The first-order valence-electron chi connectivity index (χ1n) is 11.6. The second-order valence-corrected chi connectivity index (χ2v) is 8.98. The molecule has 2 fully saturated rings. The molecule has 170 valence electrons. The zero-order valence-corrected chi connectivity index (χ0v) is 18.3. The normalized spacial score (nSPS) is 24.7. The van der Waals surface area contributed by atoms with E-state index in [4.69, 9.17) is 4.74 Å². The van der Waals surface area contributed by atoms with Crippen LogP contribution >= 0.6 is 0 Å².